The fraction of sp³-hybridized carbons (Fsp3) is 0.182. The lowest BCUT2D eigenvalue weighted by atomic mass is 10.3. The lowest BCUT2D eigenvalue weighted by Gasteiger charge is -1.98. The molecule has 1 heterocycles. The van der Waals surface area contributed by atoms with Crippen LogP contribution in [0.2, 0.25) is 0 Å². The molecule has 0 aliphatic heterocycles. The van der Waals surface area contributed by atoms with Crippen LogP contribution in [0.15, 0.2) is 34.8 Å². The lowest BCUT2D eigenvalue weighted by molar-refractivity contribution is -0.384. The second-order valence-corrected chi connectivity index (χ2v) is 3.74. The second kappa shape index (κ2) is 4.25. The molecule has 6 nitrogen and oxygen atoms in total. The van der Waals surface area contributed by atoms with E-state index in [2.05, 4.69) is 16.9 Å². The van der Waals surface area contributed by atoms with E-state index in [1.807, 2.05) is 6.92 Å². The van der Waals surface area contributed by atoms with Crippen molar-refractivity contribution in [3.05, 3.63) is 40.5 Å². The van der Waals surface area contributed by atoms with E-state index < -0.39 is 4.92 Å². The summed E-state index contributed by atoms with van der Waals surface area (Å²) in [5.74, 6) is 0. The molecule has 2 rings (SSSR count). The molecule has 1 aromatic heterocycles. The molecule has 1 aromatic carbocycles. The van der Waals surface area contributed by atoms with E-state index in [1.54, 1.807) is 6.07 Å². The van der Waals surface area contributed by atoms with Crippen molar-refractivity contribution in [1.29, 1.82) is 0 Å². The van der Waals surface area contributed by atoms with Gasteiger partial charge in [0, 0.05) is 12.6 Å². The molecule has 0 saturated carbocycles. The molecule has 0 aliphatic carbocycles. The zero-order valence-corrected chi connectivity index (χ0v) is 9.27. The normalized spacial score (nSPS) is 10.4. The molecular formula is C11H11N3O3. The minimum atomic E-state index is -0.469. The summed E-state index contributed by atoms with van der Waals surface area (Å²) in [6.45, 7) is 6.17. The van der Waals surface area contributed by atoms with E-state index >= 15 is 0 Å². The van der Waals surface area contributed by atoms with Gasteiger partial charge in [0.25, 0.3) is 11.7 Å². The zero-order valence-electron chi connectivity index (χ0n) is 9.27. The number of rotatable bonds is 4. The summed E-state index contributed by atoms with van der Waals surface area (Å²) in [7, 11) is 0. The third-order valence-corrected chi connectivity index (χ3v) is 2.12. The van der Waals surface area contributed by atoms with Crippen molar-refractivity contribution >= 4 is 22.8 Å². The topological polar surface area (TPSA) is 81.2 Å². The minimum Gasteiger partial charge on any atom is -0.423 e. The first-order valence-electron chi connectivity index (χ1n) is 4.99. The first-order chi connectivity index (χ1) is 8.06. The predicted molar refractivity (Wildman–Crippen MR) is 64.0 cm³/mol. The van der Waals surface area contributed by atoms with Crippen molar-refractivity contribution in [1.82, 2.24) is 4.98 Å². The number of nitro groups is 1. The van der Waals surface area contributed by atoms with Crippen LogP contribution in [-0.2, 0) is 0 Å². The summed E-state index contributed by atoms with van der Waals surface area (Å²) in [5, 5.41) is 13.5. The summed E-state index contributed by atoms with van der Waals surface area (Å²) in [6.07, 6.45) is 0. The Labute approximate surface area is 97.1 Å². The van der Waals surface area contributed by atoms with Crippen molar-refractivity contribution in [2.75, 3.05) is 11.9 Å². The number of non-ortho nitro benzene ring substituents is 1. The average Bonchev–Trinajstić information content (AvgIpc) is 2.67. The highest BCUT2D eigenvalue weighted by molar-refractivity contribution is 5.77. The molecule has 6 heteroatoms. The maximum atomic E-state index is 10.6. The summed E-state index contributed by atoms with van der Waals surface area (Å²) >= 11 is 0. The number of nitro benzene ring substituents is 1. The van der Waals surface area contributed by atoms with Gasteiger partial charge in [-0.25, -0.2) is 0 Å². The Bertz CT molecular complexity index is 589. The fourth-order valence-electron chi connectivity index (χ4n) is 1.33. The van der Waals surface area contributed by atoms with E-state index in [9.17, 15) is 10.1 Å². The molecular weight excluding hydrogens is 222 g/mol. The quantitative estimate of drug-likeness (QED) is 0.498. The molecule has 0 saturated heterocycles. The Morgan fingerprint density at radius 2 is 2.41 bits per heavy atom. The Morgan fingerprint density at radius 1 is 1.65 bits per heavy atom. The van der Waals surface area contributed by atoms with Crippen LogP contribution < -0.4 is 5.32 Å². The molecule has 0 bridgehead atoms. The van der Waals surface area contributed by atoms with E-state index in [0.717, 1.165) is 5.57 Å². The number of benzene rings is 1. The zero-order chi connectivity index (χ0) is 12.4. The minimum absolute atomic E-state index is 0.0138. The Kier molecular flexibility index (Phi) is 2.78. The van der Waals surface area contributed by atoms with Crippen LogP contribution in [0.3, 0.4) is 0 Å². The van der Waals surface area contributed by atoms with Gasteiger partial charge in [-0.1, -0.05) is 12.2 Å². The summed E-state index contributed by atoms with van der Waals surface area (Å²) in [4.78, 5) is 14.3. The van der Waals surface area contributed by atoms with Crippen LogP contribution in [0.5, 0.6) is 0 Å². The Balaban J connectivity index is 2.30. The van der Waals surface area contributed by atoms with Crippen molar-refractivity contribution in [3.8, 4) is 0 Å². The molecule has 0 amide bonds. The standard InChI is InChI=1S/C11H11N3O3/c1-7(2)6-12-11-13-9-4-3-8(14(15)16)5-10(9)17-11/h3-5H,1,6H2,2H3,(H,12,13). The molecule has 0 fully saturated rings. The summed E-state index contributed by atoms with van der Waals surface area (Å²) < 4.78 is 5.34. The smallest absolute Gasteiger partial charge is 0.295 e. The Morgan fingerprint density at radius 3 is 3.06 bits per heavy atom. The van der Waals surface area contributed by atoms with Crippen LogP contribution >= 0.6 is 0 Å². The number of nitrogens with one attached hydrogen (secondary N) is 1. The maximum Gasteiger partial charge on any atom is 0.295 e. The second-order valence-electron chi connectivity index (χ2n) is 3.74. The van der Waals surface area contributed by atoms with Gasteiger partial charge in [0.2, 0.25) is 0 Å². The van der Waals surface area contributed by atoms with Gasteiger partial charge in [0.1, 0.15) is 5.52 Å². The number of hydrogen-bond acceptors (Lipinski definition) is 5. The number of aromatic nitrogens is 1. The number of fused-ring (bicyclic) bond motifs is 1. The summed E-state index contributed by atoms with van der Waals surface area (Å²) in [6, 6.07) is 4.65. The molecule has 2 aromatic rings. The molecule has 0 unspecified atom stereocenters. The molecule has 0 atom stereocenters. The van der Waals surface area contributed by atoms with E-state index in [0.29, 0.717) is 23.7 Å². The van der Waals surface area contributed by atoms with Crippen LogP contribution in [-0.4, -0.2) is 16.5 Å². The van der Waals surface area contributed by atoms with E-state index in [1.165, 1.54) is 12.1 Å². The van der Waals surface area contributed by atoms with Crippen LogP contribution in [0.1, 0.15) is 6.92 Å². The van der Waals surface area contributed by atoms with Crippen molar-refractivity contribution in [3.63, 3.8) is 0 Å². The number of oxazole rings is 1. The first kappa shape index (κ1) is 11.1. The lowest BCUT2D eigenvalue weighted by Crippen LogP contribution is -2.01. The van der Waals surface area contributed by atoms with Gasteiger partial charge in [0.15, 0.2) is 5.58 Å². The number of anilines is 1. The molecule has 17 heavy (non-hydrogen) atoms. The Hall–Kier alpha value is -2.37. The third-order valence-electron chi connectivity index (χ3n) is 2.12. The van der Waals surface area contributed by atoms with Gasteiger partial charge in [-0.15, -0.1) is 0 Å². The monoisotopic (exact) mass is 233 g/mol. The molecule has 1 N–H and O–H groups in total. The molecule has 88 valence electrons. The fourth-order valence-corrected chi connectivity index (χ4v) is 1.33. The van der Waals surface area contributed by atoms with Gasteiger partial charge in [0.05, 0.1) is 11.0 Å². The highest BCUT2D eigenvalue weighted by Gasteiger charge is 2.11. The predicted octanol–water partition coefficient (Wildman–Crippen LogP) is 2.72. The van der Waals surface area contributed by atoms with Gasteiger partial charge < -0.3 is 9.73 Å². The maximum absolute atomic E-state index is 10.6. The van der Waals surface area contributed by atoms with Gasteiger partial charge in [-0.2, -0.15) is 4.98 Å². The van der Waals surface area contributed by atoms with Gasteiger partial charge in [-0.05, 0) is 13.0 Å². The first-order valence-corrected chi connectivity index (χ1v) is 4.99. The van der Waals surface area contributed by atoms with Gasteiger partial charge >= 0.3 is 0 Å². The largest absolute Gasteiger partial charge is 0.423 e. The SMILES string of the molecule is C=C(C)CNc1nc2ccc([N+](=O)[O-])cc2o1. The molecule has 0 aliphatic rings. The van der Waals surface area contributed by atoms with Crippen LogP contribution in [0.25, 0.3) is 11.1 Å². The summed E-state index contributed by atoms with van der Waals surface area (Å²) in [5.41, 5.74) is 1.90. The van der Waals surface area contributed by atoms with Crippen molar-refractivity contribution in [2.45, 2.75) is 6.92 Å². The van der Waals surface area contributed by atoms with E-state index in [-0.39, 0.29) is 5.69 Å². The molecule has 0 radical (unpaired) electrons. The number of nitrogens with zero attached hydrogens (tertiary/aromatic N) is 2. The van der Waals surface area contributed by atoms with Crippen molar-refractivity contribution < 1.29 is 9.34 Å². The molecule has 0 spiro atoms. The highest BCUT2D eigenvalue weighted by atomic mass is 16.6. The van der Waals surface area contributed by atoms with Crippen LogP contribution in [0.4, 0.5) is 11.7 Å². The third kappa shape index (κ3) is 2.41. The highest BCUT2D eigenvalue weighted by Crippen LogP contribution is 2.23. The van der Waals surface area contributed by atoms with Gasteiger partial charge in [-0.3, -0.25) is 10.1 Å². The number of hydrogen-bond donors (Lipinski definition) is 1. The average molecular weight is 233 g/mol. The van der Waals surface area contributed by atoms with Crippen molar-refractivity contribution in [2.24, 2.45) is 0 Å². The van der Waals surface area contributed by atoms with Crippen LogP contribution in [0, 0.1) is 10.1 Å². The van der Waals surface area contributed by atoms with E-state index in [4.69, 9.17) is 4.42 Å².